The van der Waals surface area contributed by atoms with E-state index in [2.05, 4.69) is 4.90 Å². The number of benzene rings is 1. The average molecular weight is 319 g/mol. The summed E-state index contributed by atoms with van der Waals surface area (Å²) < 4.78 is 37.8. The van der Waals surface area contributed by atoms with Gasteiger partial charge in [0.25, 0.3) is 0 Å². The lowest BCUT2D eigenvalue weighted by Gasteiger charge is -2.30. The number of hydrogen-bond acceptors (Lipinski definition) is 3. The summed E-state index contributed by atoms with van der Waals surface area (Å²) in [6.07, 6.45) is -2.27. The van der Waals surface area contributed by atoms with Crippen molar-refractivity contribution in [3.05, 3.63) is 29.8 Å². The highest BCUT2D eigenvalue weighted by Gasteiger charge is 2.30. The van der Waals surface area contributed by atoms with Crippen molar-refractivity contribution in [1.29, 1.82) is 0 Å². The van der Waals surface area contributed by atoms with E-state index in [1.807, 2.05) is 0 Å². The van der Waals surface area contributed by atoms with Gasteiger partial charge in [0, 0.05) is 23.8 Å². The smallest absolute Gasteiger partial charge is 0.396 e. The number of nitrogens with zero attached hydrogens (tertiary/aromatic N) is 1. The minimum atomic E-state index is -4.28. The van der Waals surface area contributed by atoms with Crippen molar-refractivity contribution in [3.8, 4) is 0 Å². The predicted octanol–water partition coefficient (Wildman–Crippen LogP) is 3.50. The minimum absolute atomic E-state index is 0.257. The highest BCUT2D eigenvalue weighted by molar-refractivity contribution is 7.99. The fraction of sp³-hybridized carbons (Fsp3) is 0.600. The van der Waals surface area contributed by atoms with Crippen LogP contribution in [0, 0.1) is 5.92 Å². The van der Waals surface area contributed by atoms with Gasteiger partial charge in [-0.2, -0.15) is 13.2 Å². The number of aliphatic hydroxyl groups excluding tert-OH is 1. The van der Waals surface area contributed by atoms with Crippen LogP contribution >= 0.6 is 11.8 Å². The summed E-state index contributed by atoms with van der Waals surface area (Å²) in [6.45, 7) is 3.06. The molecule has 1 fully saturated rings. The average Bonchev–Trinajstić information content (AvgIpc) is 2.47. The standard InChI is InChI=1S/C15H20F3NOS/c16-15(17,18)13-2-1-3-14(10-13)21-9-8-19-6-4-12(11-20)5-7-19/h1-3,10,12,20H,4-9,11H2. The third-order valence-corrected chi connectivity index (χ3v) is 4.78. The summed E-state index contributed by atoms with van der Waals surface area (Å²) in [7, 11) is 0. The first kappa shape index (κ1) is 16.6. The Morgan fingerprint density at radius 3 is 2.57 bits per heavy atom. The van der Waals surface area contributed by atoms with Crippen molar-refractivity contribution in [3.63, 3.8) is 0 Å². The van der Waals surface area contributed by atoms with Crippen LogP contribution in [0.5, 0.6) is 0 Å². The molecule has 118 valence electrons. The molecule has 6 heteroatoms. The van der Waals surface area contributed by atoms with E-state index in [0.717, 1.165) is 44.3 Å². The zero-order valence-corrected chi connectivity index (χ0v) is 12.6. The summed E-state index contributed by atoms with van der Waals surface area (Å²) in [5.41, 5.74) is -0.587. The summed E-state index contributed by atoms with van der Waals surface area (Å²) in [6, 6.07) is 5.49. The van der Waals surface area contributed by atoms with Crippen LogP contribution < -0.4 is 0 Å². The Kier molecular flexibility index (Phi) is 5.96. The van der Waals surface area contributed by atoms with E-state index in [1.165, 1.54) is 23.9 Å². The fourth-order valence-electron chi connectivity index (χ4n) is 2.45. The predicted molar refractivity (Wildman–Crippen MR) is 78.4 cm³/mol. The van der Waals surface area contributed by atoms with Crippen molar-refractivity contribution in [2.24, 2.45) is 5.92 Å². The molecule has 1 N–H and O–H groups in total. The van der Waals surface area contributed by atoms with Gasteiger partial charge in [-0.15, -0.1) is 11.8 Å². The minimum Gasteiger partial charge on any atom is -0.396 e. The molecule has 1 aliphatic heterocycles. The molecule has 0 atom stereocenters. The Hall–Kier alpha value is -0.720. The van der Waals surface area contributed by atoms with Gasteiger partial charge in [-0.1, -0.05) is 6.07 Å². The lowest BCUT2D eigenvalue weighted by molar-refractivity contribution is -0.137. The lowest BCUT2D eigenvalue weighted by atomic mass is 9.98. The molecule has 1 aliphatic rings. The first-order valence-electron chi connectivity index (χ1n) is 7.12. The van der Waals surface area contributed by atoms with Crippen LogP contribution in [-0.4, -0.2) is 42.0 Å². The van der Waals surface area contributed by atoms with Gasteiger partial charge in [-0.3, -0.25) is 0 Å². The number of halogens is 3. The normalized spacial score (nSPS) is 18.1. The molecule has 0 aromatic heterocycles. The molecule has 1 heterocycles. The van der Waals surface area contributed by atoms with Gasteiger partial charge in [0.15, 0.2) is 0 Å². The Morgan fingerprint density at radius 2 is 1.95 bits per heavy atom. The Labute approximate surface area is 127 Å². The maximum absolute atomic E-state index is 12.6. The van der Waals surface area contributed by atoms with Crippen LogP contribution in [-0.2, 0) is 6.18 Å². The van der Waals surface area contributed by atoms with Crippen LogP contribution in [0.15, 0.2) is 29.2 Å². The summed E-state index contributed by atoms with van der Waals surface area (Å²) in [5.74, 6) is 1.20. The molecule has 0 aliphatic carbocycles. The van der Waals surface area contributed by atoms with Gasteiger partial charge < -0.3 is 10.0 Å². The molecule has 0 radical (unpaired) electrons. The largest absolute Gasteiger partial charge is 0.416 e. The molecule has 1 aromatic carbocycles. The van der Waals surface area contributed by atoms with E-state index in [4.69, 9.17) is 5.11 Å². The van der Waals surface area contributed by atoms with Crippen LogP contribution in [0.4, 0.5) is 13.2 Å². The van der Waals surface area contributed by atoms with Crippen molar-refractivity contribution < 1.29 is 18.3 Å². The fourth-order valence-corrected chi connectivity index (χ4v) is 3.42. The molecule has 21 heavy (non-hydrogen) atoms. The molecule has 0 saturated carbocycles. The quantitative estimate of drug-likeness (QED) is 0.840. The first-order valence-corrected chi connectivity index (χ1v) is 8.11. The molecule has 0 spiro atoms. The van der Waals surface area contributed by atoms with Crippen molar-refractivity contribution >= 4 is 11.8 Å². The van der Waals surface area contributed by atoms with Crippen LogP contribution in [0.2, 0.25) is 0 Å². The number of piperidine rings is 1. The Balaban J connectivity index is 1.76. The van der Waals surface area contributed by atoms with E-state index < -0.39 is 11.7 Å². The maximum Gasteiger partial charge on any atom is 0.416 e. The second kappa shape index (κ2) is 7.51. The van der Waals surface area contributed by atoms with Crippen molar-refractivity contribution in [2.75, 3.05) is 32.0 Å². The Bertz CT molecular complexity index is 445. The summed E-state index contributed by atoms with van der Waals surface area (Å²) >= 11 is 1.46. The van der Waals surface area contributed by atoms with Gasteiger partial charge in [0.05, 0.1) is 5.56 Å². The van der Waals surface area contributed by atoms with E-state index in [-0.39, 0.29) is 6.61 Å². The van der Waals surface area contributed by atoms with E-state index in [1.54, 1.807) is 6.07 Å². The highest BCUT2D eigenvalue weighted by atomic mass is 32.2. The van der Waals surface area contributed by atoms with Crippen LogP contribution in [0.1, 0.15) is 18.4 Å². The topological polar surface area (TPSA) is 23.5 Å². The highest BCUT2D eigenvalue weighted by Crippen LogP contribution is 2.31. The number of alkyl halides is 3. The second-order valence-electron chi connectivity index (χ2n) is 5.34. The van der Waals surface area contributed by atoms with Gasteiger partial charge in [0.1, 0.15) is 0 Å². The van der Waals surface area contributed by atoms with Crippen LogP contribution in [0.25, 0.3) is 0 Å². The molecule has 1 aromatic rings. The molecule has 2 rings (SSSR count). The van der Waals surface area contributed by atoms with Gasteiger partial charge in [0.2, 0.25) is 0 Å². The van der Waals surface area contributed by atoms with E-state index >= 15 is 0 Å². The number of rotatable bonds is 5. The monoisotopic (exact) mass is 319 g/mol. The zero-order chi connectivity index (χ0) is 15.3. The number of thioether (sulfide) groups is 1. The van der Waals surface area contributed by atoms with Crippen molar-refractivity contribution in [2.45, 2.75) is 23.9 Å². The van der Waals surface area contributed by atoms with Gasteiger partial charge >= 0.3 is 6.18 Å². The molecular weight excluding hydrogens is 299 g/mol. The number of aliphatic hydroxyl groups is 1. The molecule has 0 unspecified atom stereocenters. The van der Waals surface area contributed by atoms with Crippen LogP contribution in [0.3, 0.4) is 0 Å². The molecule has 0 amide bonds. The van der Waals surface area contributed by atoms with E-state index in [0.29, 0.717) is 10.8 Å². The molecular formula is C15H20F3NOS. The second-order valence-corrected chi connectivity index (χ2v) is 6.51. The molecule has 0 bridgehead atoms. The third-order valence-electron chi connectivity index (χ3n) is 3.80. The van der Waals surface area contributed by atoms with Crippen molar-refractivity contribution in [1.82, 2.24) is 4.90 Å². The molecule has 2 nitrogen and oxygen atoms in total. The molecule has 1 saturated heterocycles. The van der Waals surface area contributed by atoms with E-state index in [9.17, 15) is 13.2 Å². The third kappa shape index (κ3) is 5.20. The zero-order valence-electron chi connectivity index (χ0n) is 11.8. The number of likely N-dealkylation sites (tertiary alicyclic amines) is 1. The summed E-state index contributed by atoms with van der Waals surface area (Å²) in [5, 5.41) is 9.08. The Morgan fingerprint density at radius 1 is 1.24 bits per heavy atom. The maximum atomic E-state index is 12.6. The first-order chi connectivity index (χ1) is 9.99. The summed E-state index contributed by atoms with van der Waals surface area (Å²) in [4.78, 5) is 2.97. The lowest BCUT2D eigenvalue weighted by Crippen LogP contribution is -2.36. The number of hydrogen-bond donors (Lipinski definition) is 1. The van der Waals surface area contributed by atoms with Gasteiger partial charge in [-0.05, 0) is 50.0 Å². The SMILES string of the molecule is OCC1CCN(CCSc2cccc(C(F)(F)F)c2)CC1. The van der Waals surface area contributed by atoms with Gasteiger partial charge in [-0.25, -0.2) is 0 Å².